The third kappa shape index (κ3) is 2.37. The Kier molecular flexibility index (Phi) is 3.56. The van der Waals surface area contributed by atoms with E-state index in [0.29, 0.717) is 18.0 Å². The van der Waals surface area contributed by atoms with Gasteiger partial charge in [0.1, 0.15) is 0 Å². The van der Waals surface area contributed by atoms with Crippen molar-refractivity contribution in [3.8, 4) is 0 Å². The van der Waals surface area contributed by atoms with Crippen molar-refractivity contribution >= 4 is 16.9 Å². The first kappa shape index (κ1) is 14.9. The number of carbonyl (C=O) groups excluding carboxylic acids is 1. The van der Waals surface area contributed by atoms with Crippen molar-refractivity contribution in [2.45, 2.75) is 32.7 Å². The van der Waals surface area contributed by atoms with Gasteiger partial charge in [-0.15, -0.1) is 0 Å². The van der Waals surface area contributed by atoms with Gasteiger partial charge in [0.05, 0.1) is 17.5 Å². The van der Waals surface area contributed by atoms with Gasteiger partial charge in [-0.05, 0) is 37.5 Å². The average Bonchev–Trinajstić information content (AvgIpc) is 2.96. The van der Waals surface area contributed by atoms with Gasteiger partial charge >= 0.3 is 0 Å². The van der Waals surface area contributed by atoms with Crippen LogP contribution in [0.2, 0.25) is 0 Å². The number of hydrogen-bond acceptors (Lipinski definition) is 3. The highest BCUT2D eigenvalue weighted by molar-refractivity contribution is 5.98. The maximum atomic E-state index is 12.6. The molecule has 1 aliphatic rings. The summed E-state index contributed by atoms with van der Waals surface area (Å²) in [5.41, 5.74) is 4.95. The molecule has 4 rings (SSSR count). The molecule has 1 aromatic carbocycles. The molecule has 24 heavy (non-hydrogen) atoms. The van der Waals surface area contributed by atoms with Crippen LogP contribution in [0.1, 0.15) is 40.0 Å². The first-order chi connectivity index (χ1) is 11.7. The number of nitrogens with one attached hydrogen (secondary N) is 1. The third-order valence-corrected chi connectivity index (χ3v) is 4.82. The van der Waals surface area contributed by atoms with Crippen molar-refractivity contribution in [2.75, 3.05) is 6.54 Å². The Morgan fingerprint density at radius 1 is 1.38 bits per heavy atom. The molecule has 0 spiro atoms. The van der Waals surface area contributed by atoms with E-state index in [4.69, 9.17) is 0 Å². The van der Waals surface area contributed by atoms with Crippen molar-refractivity contribution in [3.05, 3.63) is 58.9 Å². The molecule has 1 aliphatic carbocycles. The van der Waals surface area contributed by atoms with Crippen molar-refractivity contribution in [1.82, 2.24) is 20.1 Å². The average molecular weight is 320 g/mol. The number of fused-ring (bicyclic) bond motifs is 2. The van der Waals surface area contributed by atoms with Crippen LogP contribution in [0, 0.1) is 6.92 Å². The van der Waals surface area contributed by atoms with Crippen molar-refractivity contribution in [1.29, 1.82) is 0 Å². The molecule has 2 heterocycles. The van der Waals surface area contributed by atoms with Gasteiger partial charge in [-0.25, -0.2) is 9.67 Å². The molecule has 5 nitrogen and oxygen atoms in total. The van der Waals surface area contributed by atoms with E-state index < -0.39 is 0 Å². The Balaban J connectivity index is 1.51. The Hall–Kier alpha value is -2.69. The summed E-state index contributed by atoms with van der Waals surface area (Å²) in [6.07, 6.45) is 2.81. The van der Waals surface area contributed by atoms with E-state index >= 15 is 0 Å². The third-order valence-electron chi connectivity index (χ3n) is 4.82. The molecule has 0 radical (unpaired) electrons. The van der Waals surface area contributed by atoms with Crippen LogP contribution >= 0.6 is 0 Å². The molecule has 0 bridgehead atoms. The van der Waals surface area contributed by atoms with Crippen molar-refractivity contribution in [3.63, 3.8) is 0 Å². The number of hydrogen-bond donors (Lipinski definition) is 1. The highest BCUT2D eigenvalue weighted by atomic mass is 16.1. The Bertz CT molecular complexity index is 928. The number of aromatic nitrogens is 3. The van der Waals surface area contributed by atoms with E-state index in [-0.39, 0.29) is 5.91 Å². The lowest BCUT2D eigenvalue weighted by Gasteiger charge is -2.30. The monoisotopic (exact) mass is 320 g/mol. The maximum absolute atomic E-state index is 12.6. The Labute approximate surface area is 140 Å². The maximum Gasteiger partial charge on any atom is 0.253 e. The van der Waals surface area contributed by atoms with Crippen LogP contribution in [0.15, 0.2) is 36.5 Å². The lowest BCUT2D eigenvalue weighted by atomic mass is 9.77. The second-order valence-electron chi connectivity index (χ2n) is 6.30. The van der Waals surface area contributed by atoms with Crippen LogP contribution in [0.4, 0.5) is 0 Å². The molecule has 0 fully saturated rings. The molecular formula is C19H20N4O. The molecule has 1 unspecified atom stereocenters. The number of benzene rings is 1. The topological polar surface area (TPSA) is 59.8 Å². The quantitative estimate of drug-likeness (QED) is 0.804. The number of carbonyl (C=O) groups is 1. The second-order valence-corrected chi connectivity index (χ2v) is 6.30. The van der Waals surface area contributed by atoms with Gasteiger partial charge in [-0.3, -0.25) is 4.79 Å². The summed E-state index contributed by atoms with van der Waals surface area (Å²) in [5.74, 6) is 0.362. The van der Waals surface area contributed by atoms with Crippen LogP contribution in [-0.2, 0) is 13.0 Å². The normalized spacial score (nSPS) is 15.8. The van der Waals surface area contributed by atoms with E-state index in [2.05, 4.69) is 39.7 Å². The van der Waals surface area contributed by atoms with Gasteiger partial charge in [0.2, 0.25) is 0 Å². The predicted octanol–water partition coefficient (Wildman–Crippen LogP) is 2.83. The smallest absolute Gasteiger partial charge is 0.253 e. The van der Waals surface area contributed by atoms with E-state index in [1.807, 2.05) is 24.6 Å². The van der Waals surface area contributed by atoms with Crippen molar-refractivity contribution in [2.24, 2.45) is 0 Å². The number of aryl methyl sites for hydroxylation is 2. The van der Waals surface area contributed by atoms with E-state index in [9.17, 15) is 4.79 Å². The minimum Gasteiger partial charge on any atom is -0.351 e. The molecule has 1 atom stereocenters. The summed E-state index contributed by atoms with van der Waals surface area (Å²) in [7, 11) is 0. The zero-order chi connectivity index (χ0) is 16.7. The molecule has 0 saturated heterocycles. The molecule has 5 heteroatoms. The van der Waals surface area contributed by atoms with Gasteiger partial charge in [-0.1, -0.05) is 24.3 Å². The summed E-state index contributed by atoms with van der Waals surface area (Å²) >= 11 is 0. The second kappa shape index (κ2) is 5.74. The van der Waals surface area contributed by atoms with Gasteiger partial charge in [0, 0.05) is 24.4 Å². The van der Waals surface area contributed by atoms with E-state index in [0.717, 1.165) is 29.7 Å². The Morgan fingerprint density at radius 2 is 2.21 bits per heavy atom. The SMILES string of the molecule is CCn1ncc2cc(C(=O)NCC3Cc4ccccc43)c(C)nc21. The molecule has 122 valence electrons. The van der Waals surface area contributed by atoms with Gasteiger partial charge in [0.15, 0.2) is 5.65 Å². The van der Waals surface area contributed by atoms with Crippen LogP contribution in [0.3, 0.4) is 0 Å². The molecular weight excluding hydrogens is 300 g/mol. The van der Waals surface area contributed by atoms with Crippen LogP contribution < -0.4 is 5.32 Å². The minimum atomic E-state index is -0.0597. The summed E-state index contributed by atoms with van der Waals surface area (Å²) in [5, 5.41) is 8.27. The highest BCUT2D eigenvalue weighted by Gasteiger charge is 2.26. The van der Waals surface area contributed by atoms with Gasteiger partial charge in [0.25, 0.3) is 5.91 Å². The molecule has 2 aromatic heterocycles. The predicted molar refractivity (Wildman–Crippen MR) is 93.2 cm³/mol. The van der Waals surface area contributed by atoms with Crippen molar-refractivity contribution < 1.29 is 4.79 Å². The molecule has 0 saturated carbocycles. The number of rotatable bonds is 4. The molecule has 1 amide bonds. The number of pyridine rings is 1. The highest BCUT2D eigenvalue weighted by Crippen LogP contribution is 2.34. The van der Waals surface area contributed by atoms with E-state index in [1.54, 1.807) is 6.20 Å². The fourth-order valence-corrected chi connectivity index (χ4v) is 3.41. The number of amides is 1. The first-order valence-electron chi connectivity index (χ1n) is 8.36. The molecule has 3 aromatic rings. The standard InChI is InChI=1S/C19H20N4O/c1-3-23-18-15(11-21-23)9-17(12(2)22-18)19(24)20-10-14-8-13-6-4-5-7-16(13)14/h4-7,9,11,14H,3,8,10H2,1-2H3,(H,20,24). The largest absolute Gasteiger partial charge is 0.351 e. The molecule has 1 N–H and O–H groups in total. The first-order valence-corrected chi connectivity index (χ1v) is 8.36. The fourth-order valence-electron chi connectivity index (χ4n) is 3.41. The Morgan fingerprint density at radius 3 is 3.00 bits per heavy atom. The number of nitrogens with zero attached hydrogens (tertiary/aromatic N) is 3. The zero-order valence-corrected chi connectivity index (χ0v) is 13.9. The van der Waals surface area contributed by atoms with E-state index in [1.165, 1.54) is 11.1 Å². The summed E-state index contributed by atoms with van der Waals surface area (Å²) in [4.78, 5) is 17.1. The summed E-state index contributed by atoms with van der Waals surface area (Å²) in [6.45, 7) is 5.34. The van der Waals surface area contributed by atoms with Crippen LogP contribution in [0.25, 0.3) is 11.0 Å². The van der Waals surface area contributed by atoms with Crippen LogP contribution in [0.5, 0.6) is 0 Å². The zero-order valence-electron chi connectivity index (χ0n) is 13.9. The minimum absolute atomic E-state index is 0.0597. The van der Waals surface area contributed by atoms with Gasteiger partial charge in [-0.2, -0.15) is 5.10 Å². The van der Waals surface area contributed by atoms with Gasteiger partial charge < -0.3 is 5.32 Å². The lowest BCUT2D eigenvalue weighted by Crippen LogP contribution is -2.33. The lowest BCUT2D eigenvalue weighted by molar-refractivity contribution is 0.0949. The molecule has 0 aliphatic heterocycles. The summed E-state index contributed by atoms with van der Waals surface area (Å²) in [6, 6.07) is 10.3. The summed E-state index contributed by atoms with van der Waals surface area (Å²) < 4.78 is 1.84. The fraction of sp³-hybridized carbons (Fsp3) is 0.316. The van der Waals surface area contributed by atoms with Crippen LogP contribution in [-0.4, -0.2) is 27.2 Å².